The molecule has 0 fully saturated rings. The quantitative estimate of drug-likeness (QED) is 0.265. The lowest BCUT2D eigenvalue weighted by atomic mass is 9.90. The van der Waals surface area contributed by atoms with Gasteiger partial charge in [-0.25, -0.2) is 0 Å². The molecule has 11 heteroatoms. The zero-order valence-electron chi connectivity index (χ0n) is 19.0. The maximum absolute atomic E-state index is 12.5. The molecule has 0 saturated heterocycles. The molecule has 188 valence electrons. The molecule has 0 aliphatic heterocycles. The molecular formula is C26H20N2O7S2. The monoisotopic (exact) mass is 536 g/mol. The van der Waals surface area contributed by atoms with Crippen molar-refractivity contribution >= 4 is 20.2 Å². The highest BCUT2D eigenvalue weighted by Crippen LogP contribution is 2.39. The van der Waals surface area contributed by atoms with Crippen LogP contribution in [0.3, 0.4) is 0 Å². The zero-order valence-corrected chi connectivity index (χ0v) is 20.7. The molecule has 2 N–H and O–H groups in total. The minimum absolute atomic E-state index is 0.0540. The molecule has 3 aromatic carbocycles. The Morgan fingerprint density at radius 1 is 0.703 bits per heavy atom. The van der Waals surface area contributed by atoms with Crippen LogP contribution in [0.4, 0.5) is 0 Å². The Bertz CT molecular complexity index is 1690. The number of benzene rings is 3. The molecule has 1 aromatic heterocycles. The summed E-state index contributed by atoms with van der Waals surface area (Å²) in [4.78, 5) is -0.208. The topological polar surface area (TPSA) is 148 Å². The van der Waals surface area contributed by atoms with Crippen molar-refractivity contribution in [2.24, 2.45) is 0 Å². The number of hydrogen-bond acceptors (Lipinski definition) is 7. The van der Waals surface area contributed by atoms with Gasteiger partial charge in [0.15, 0.2) is 0 Å². The van der Waals surface area contributed by atoms with Crippen molar-refractivity contribution < 1.29 is 30.4 Å². The fourth-order valence-corrected chi connectivity index (χ4v) is 5.34. The van der Waals surface area contributed by atoms with E-state index >= 15 is 0 Å². The predicted molar refractivity (Wildman–Crippen MR) is 136 cm³/mol. The maximum Gasteiger partial charge on any atom is 0.294 e. The average molecular weight is 537 g/mol. The van der Waals surface area contributed by atoms with Crippen molar-refractivity contribution in [1.29, 1.82) is 0 Å². The lowest BCUT2D eigenvalue weighted by Crippen LogP contribution is -2.33. The van der Waals surface area contributed by atoms with Crippen molar-refractivity contribution in [3.63, 3.8) is 0 Å². The number of hydrogen-bond donors (Lipinski definition) is 2. The van der Waals surface area contributed by atoms with Crippen LogP contribution in [-0.2, 0) is 25.0 Å². The molecule has 1 heterocycles. The number of rotatable bonds is 6. The summed E-state index contributed by atoms with van der Waals surface area (Å²) in [7, 11) is -8.98. The van der Waals surface area contributed by atoms with Gasteiger partial charge >= 0.3 is 0 Å². The second-order valence-corrected chi connectivity index (χ2v) is 11.5. The second kappa shape index (κ2) is 9.20. The van der Waals surface area contributed by atoms with Gasteiger partial charge in [-0.3, -0.25) is 9.11 Å². The summed E-state index contributed by atoms with van der Waals surface area (Å²) in [6.07, 6.45) is 6.01. The second-order valence-electron chi connectivity index (χ2n) is 8.41. The van der Waals surface area contributed by atoms with Gasteiger partial charge < -0.3 is 4.42 Å². The van der Waals surface area contributed by atoms with E-state index in [0.717, 1.165) is 11.1 Å². The highest BCUT2D eigenvalue weighted by atomic mass is 32.2. The SMILES string of the molecule is O=S(=O)(O)c1ccc(-c2ccc(-c3nnc(C4(S(=O)(=O)O)C=CC(c5ccccc5)C=C4)o3)cc2)cc1. The molecule has 1 aliphatic rings. The highest BCUT2D eigenvalue weighted by Gasteiger charge is 2.47. The summed E-state index contributed by atoms with van der Waals surface area (Å²) in [5.41, 5.74) is 2.93. The normalized spacial score (nSPS) is 19.7. The first kappa shape index (κ1) is 24.8. The first-order chi connectivity index (χ1) is 17.6. The van der Waals surface area contributed by atoms with E-state index in [9.17, 15) is 21.4 Å². The van der Waals surface area contributed by atoms with Gasteiger partial charge in [-0.15, -0.1) is 10.2 Å². The predicted octanol–water partition coefficient (Wildman–Crippen LogP) is 4.64. The van der Waals surface area contributed by atoms with Gasteiger partial charge in [0.05, 0.1) is 4.90 Å². The largest absolute Gasteiger partial charge is 0.418 e. The fraction of sp³-hybridized carbons (Fsp3) is 0.0769. The summed E-state index contributed by atoms with van der Waals surface area (Å²) >= 11 is 0. The van der Waals surface area contributed by atoms with E-state index in [1.54, 1.807) is 48.6 Å². The molecule has 0 spiro atoms. The van der Waals surface area contributed by atoms with Crippen molar-refractivity contribution in [2.45, 2.75) is 15.6 Å². The molecular weight excluding hydrogens is 516 g/mol. The lowest BCUT2D eigenvalue weighted by molar-refractivity contribution is 0.426. The van der Waals surface area contributed by atoms with E-state index in [1.807, 2.05) is 30.3 Å². The molecule has 4 aromatic rings. The van der Waals surface area contributed by atoms with E-state index in [-0.39, 0.29) is 22.6 Å². The first-order valence-electron chi connectivity index (χ1n) is 11.0. The number of nitrogens with zero attached hydrogens (tertiary/aromatic N) is 2. The van der Waals surface area contributed by atoms with Gasteiger partial charge in [0.1, 0.15) is 0 Å². The average Bonchev–Trinajstić information content (AvgIpc) is 3.39. The van der Waals surface area contributed by atoms with Crippen molar-refractivity contribution in [1.82, 2.24) is 10.2 Å². The summed E-state index contributed by atoms with van der Waals surface area (Å²) in [6.45, 7) is 0. The first-order valence-corrected chi connectivity index (χ1v) is 13.9. The van der Waals surface area contributed by atoms with Crippen molar-refractivity contribution in [3.8, 4) is 22.6 Å². The van der Waals surface area contributed by atoms with Crippen molar-refractivity contribution in [2.75, 3.05) is 0 Å². The summed E-state index contributed by atoms with van der Waals surface area (Å²) in [5, 5.41) is 7.91. The molecule has 9 nitrogen and oxygen atoms in total. The van der Waals surface area contributed by atoms with E-state index in [0.29, 0.717) is 11.1 Å². The van der Waals surface area contributed by atoms with Crippen LogP contribution >= 0.6 is 0 Å². The fourth-order valence-electron chi connectivity index (χ4n) is 4.06. The van der Waals surface area contributed by atoms with E-state index in [1.165, 1.54) is 24.3 Å². The molecule has 0 atom stereocenters. The van der Waals surface area contributed by atoms with E-state index < -0.39 is 25.0 Å². The van der Waals surface area contributed by atoms with Crippen LogP contribution in [0.5, 0.6) is 0 Å². The third-order valence-electron chi connectivity index (χ3n) is 6.09. The maximum atomic E-state index is 12.5. The molecule has 0 amide bonds. The van der Waals surface area contributed by atoms with Crippen LogP contribution in [0, 0.1) is 0 Å². The summed E-state index contributed by atoms with van der Waals surface area (Å²) < 4.78 is 70.3. The number of allylic oxidation sites excluding steroid dienone is 2. The van der Waals surface area contributed by atoms with Gasteiger partial charge in [0.2, 0.25) is 16.5 Å². The Morgan fingerprint density at radius 3 is 1.78 bits per heavy atom. The van der Waals surface area contributed by atoms with E-state index in [4.69, 9.17) is 8.97 Å². The van der Waals surface area contributed by atoms with Crippen LogP contribution in [0.2, 0.25) is 0 Å². The smallest absolute Gasteiger partial charge is 0.294 e. The standard InChI is InChI=1S/C26H20N2O7S2/c29-36(30,31)23-12-10-20(11-13-23)19-6-8-22(9-7-19)24-27-28-25(35-24)26(37(32,33)34)16-14-21(15-17-26)18-4-2-1-3-5-18/h1-17,21H,(H,29,30,31)(H,32,33,34). The molecule has 0 unspecified atom stereocenters. The van der Waals surface area contributed by atoms with Crippen LogP contribution in [-0.4, -0.2) is 36.1 Å². The van der Waals surface area contributed by atoms with Crippen LogP contribution < -0.4 is 0 Å². The molecule has 5 rings (SSSR count). The molecule has 1 aliphatic carbocycles. The van der Waals surface area contributed by atoms with Gasteiger partial charge in [-0.05, 0) is 41.0 Å². The Balaban J connectivity index is 1.42. The molecule has 0 saturated carbocycles. The Labute approximate surface area is 213 Å². The van der Waals surface area contributed by atoms with Gasteiger partial charge in [0, 0.05) is 11.5 Å². The van der Waals surface area contributed by atoms with Gasteiger partial charge in [-0.2, -0.15) is 16.8 Å². The molecule has 37 heavy (non-hydrogen) atoms. The summed E-state index contributed by atoms with van der Waals surface area (Å²) in [5.74, 6) is -0.426. The van der Waals surface area contributed by atoms with Gasteiger partial charge in [0.25, 0.3) is 20.2 Å². The third kappa shape index (κ3) is 4.77. The molecule has 0 radical (unpaired) electrons. The lowest BCUT2D eigenvalue weighted by Gasteiger charge is -2.24. The Morgan fingerprint density at radius 2 is 1.24 bits per heavy atom. The van der Waals surface area contributed by atoms with Crippen LogP contribution in [0.15, 0.2) is 112 Å². The van der Waals surface area contributed by atoms with E-state index in [2.05, 4.69) is 10.2 Å². The Kier molecular flexibility index (Phi) is 6.16. The minimum atomic E-state index is -4.70. The Hall–Kier alpha value is -3.90. The summed E-state index contributed by atoms with van der Waals surface area (Å²) in [6, 6.07) is 22.0. The third-order valence-corrected chi connectivity index (χ3v) is 8.26. The highest BCUT2D eigenvalue weighted by molar-refractivity contribution is 7.87. The minimum Gasteiger partial charge on any atom is -0.418 e. The number of aromatic nitrogens is 2. The van der Waals surface area contributed by atoms with Gasteiger partial charge in [-0.1, -0.05) is 78.9 Å². The van der Waals surface area contributed by atoms with Crippen LogP contribution in [0.25, 0.3) is 22.6 Å². The van der Waals surface area contributed by atoms with Crippen molar-refractivity contribution in [3.05, 3.63) is 115 Å². The zero-order chi connectivity index (χ0) is 26.3. The molecule has 0 bridgehead atoms. The van der Waals surface area contributed by atoms with Crippen LogP contribution in [0.1, 0.15) is 17.4 Å².